The molecule has 0 aromatic carbocycles. The summed E-state index contributed by atoms with van der Waals surface area (Å²) in [5.74, 6) is 0.839. The third kappa shape index (κ3) is 6.42. The molecule has 1 aliphatic heterocycles. The molecule has 1 aromatic rings. The molecule has 0 amide bonds. The van der Waals surface area contributed by atoms with Crippen LogP contribution in [0.2, 0.25) is 0 Å². The maximum atomic E-state index is 12.5. The van der Waals surface area contributed by atoms with Crippen LogP contribution >= 0.6 is 0 Å². The number of piperazine rings is 1. The SMILES string of the molecule is CN=C(NCCc1c(C)nn(C)c1C)N1CCN(S(=O)(=O)CCOC(C)C)CC1. The Labute approximate surface area is 175 Å². The lowest BCUT2D eigenvalue weighted by Crippen LogP contribution is -2.54. The molecule has 0 saturated carbocycles. The lowest BCUT2D eigenvalue weighted by Gasteiger charge is -2.35. The molecule has 0 bridgehead atoms. The number of guanidine groups is 1. The zero-order chi connectivity index (χ0) is 21.6. The van der Waals surface area contributed by atoms with E-state index in [9.17, 15) is 8.42 Å². The van der Waals surface area contributed by atoms with Crippen LogP contribution in [0.3, 0.4) is 0 Å². The summed E-state index contributed by atoms with van der Waals surface area (Å²) >= 11 is 0. The van der Waals surface area contributed by atoms with Crippen LogP contribution < -0.4 is 5.32 Å². The van der Waals surface area contributed by atoms with Gasteiger partial charge in [0.1, 0.15) is 0 Å². The first-order chi connectivity index (χ1) is 13.7. The summed E-state index contributed by atoms with van der Waals surface area (Å²) in [4.78, 5) is 6.48. The zero-order valence-corrected chi connectivity index (χ0v) is 19.4. The van der Waals surface area contributed by atoms with Crippen molar-refractivity contribution in [3.05, 3.63) is 17.0 Å². The molecule has 1 N–H and O–H groups in total. The highest BCUT2D eigenvalue weighted by atomic mass is 32.2. The number of hydrogen-bond acceptors (Lipinski definition) is 5. The van der Waals surface area contributed by atoms with Gasteiger partial charge in [-0.1, -0.05) is 0 Å². The molecule has 166 valence electrons. The monoisotopic (exact) mass is 428 g/mol. The molecule has 2 heterocycles. The minimum absolute atomic E-state index is 0.0297. The van der Waals surface area contributed by atoms with Gasteiger partial charge in [-0.25, -0.2) is 8.42 Å². The normalized spacial score (nSPS) is 16.7. The van der Waals surface area contributed by atoms with Gasteiger partial charge in [-0.15, -0.1) is 0 Å². The van der Waals surface area contributed by atoms with Crippen LogP contribution in [0.5, 0.6) is 0 Å². The molecular weight excluding hydrogens is 392 g/mol. The lowest BCUT2D eigenvalue weighted by molar-refractivity contribution is 0.0904. The van der Waals surface area contributed by atoms with E-state index in [0.717, 1.165) is 24.6 Å². The molecule has 2 rings (SSSR count). The number of aliphatic imine (C=N–C) groups is 1. The summed E-state index contributed by atoms with van der Waals surface area (Å²) in [6.07, 6.45) is 0.907. The van der Waals surface area contributed by atoms with Gasteiger partial charge in [-0.05, 0) is 39.7 Å². The summed E-state index contributed by atoms with van der Waals surface area (Å²) in [5, 5.41) is 7.86. The Hall–Kier alpha value is -1.65. The number of nitrogens with zero attached hydrogens (tertiary/aromatic N) is 5. The van der Waals surface area contributed by atoms with Crippen LogP contribution in [-0.2, 0) is 28.2 Å². The van der Waals surface area contributed by atoms with Gasteiger partial charge in [0.2, 0.25) is 10.0 Å². The molecule has 1 fully saturated rings. The van der Waals surface area contributed by atoms with Crippen molar-refractivity contribution in [2.75, 3.05) is 52.1 Å². The van der Waals surface area contributed by atoms with E-state index < -0.39 is 10.0 Å². The second-order valence-corrected chi connectivity index (χ2v) is 9.71. The van der Waals surface area contributed by atoms with E-state index in [2.05, 4.69) is 27.2 Å². The fourth-order valence-electron chi connectivity index (χ4n) is 3.51. The topological polar surface area (TPSA) is 92.1 Å². The maximum Gasteiger partial charge on any atom is 0.216 e. The van der Waals surface area contributed by atoms with E-state index in [1.165, 1.54) is 11.3 Å². The smallest absolute Gasteiger partial charge is 0.216 e. The zero-order valence-electron chi connectivity index (χ0n) is 18.6. The van der Waals surface area contributed by atoms with Crippen molar-refractivity contribution in [2.45, 2.75) is 40.2 Å². The van der Waals surface area contributed by atoms with Gasteiger partial charge in [0.05, 0.1) is 24.2 Å². The van der Waals surface area contributed by atoms with Gasteiger partial charge in [0.15, 0.2) is 5.96 Å². The minimum Gasteiger partial charge on any atom is -0.378 e. The Morgan fingerprint density at radius 3 is 2.41 bits per heavy atom. The summed E-state index contributed by atoms with van der Waals surface area (Å²) < 4.78 is 33.8. The highest BCUT2D eigenvalue weighted by Gasteiger charge is 2.28. The van der Waals surface area contributed by atoms with Crippen molar-refractivity contribution in [3.8, 4) is 0 Å². The van der Waals surface area contributed by atoms with Gasteiger partial charge in [0, 0.05) is 52.5 Å². The Morgan fingerprint density at radius 2 is 1.90 bits per heavy atom. The molecule has 1 aliphatic rings. The number of sulfonamides is 1. The maximum absolute atomic E-state index is 12.5. The van der Waals surface area contributed by atoms with Crippen LogP contribution in [0.15, 0.2) is 4.99 Å². The molecule has 0 radical (unpaired) electrons. The molecule has 9 nitrogen and oxygen atoms in total. The molecule has 0 aliphatic carbocycles. The first-order valence-electron chi connectivity index (χ1n) is 10.2. The predicted molar refractivity (Wildman–Crippen MR) is 116 cm³/mol. The number of ether oxygens (including phenoxy) is 1. The van der Waals surface area contributed by atoms with Crippen molar-refractivity contribution in [1.82, 2.24) is 24.3 Å². The fourth-order valence-corrected chi connectivity index (χ4v) is 4.79. The summed E-state index contributed by atoms with van der Waals surface area (Å²) in [6, 6.07) is 0. The Morgan fingerprint density at radius 1 is 1.24 bits per heavy atom. The molecule has 0 spiro atoms. The van der Waals surface area contributed by atoms with Crippen LogP contribution in [0.25, 0.3) is 0 Å². The number of hydrogen-bond donors (Lipinski definition) is 1. The third-order valence-corrected chi connectivity index (χ3v) is 7.09. The van der Waals surface area contributed by atoms with Crippen LogP contribution in [0, 0.1) is 13.8 Å². The lowest BCUT2D eigenvalue weighted by atomic mass is 10.1. The van der Waals surface area contributed by atoms with E-state index in [0.29, 0.717) is 26.2 Å². The van der Waals surface area contributed by atoms with Gasteiger partial charge >= 0.3 is 0 Å². The standard InChI is InChI=1S/C19H36N6O3S/c1-15(2)28-13-14-29(26,27)25-11-9-24(10-12-25)19(20-5)21-8-7-18-16(3)22-23(6)17(18)4/h15H,7-14H2,1-6H3,(H,20,21). The molecule has 1 aromatic heterocycles. The van der Waals surface area contributed by atoms with Gasteiger partial charge < -0.3 is 15.0 Å². The summed E-state index contributed by atoms with van der Waals surface area (Å²) in [7, 11) is 0.435. The van der Waals surface area contributed by atoms with E-state index in [4.69, 9.17) is 4.74 Å². The van der Waals surface area contributed by atoms with E-state index in [1.54, 1.807) is 11.4 Å². The highest BCUT2D eigenvalue weighted by molar-refractivity contribution is 7.89. The van der Waals surface area contributed by atoms with Gasteiger partial charge in [-0.2, -0.15) is 9.40 Å². The predicted octanol–water partition coefficient (Wildman–Crippen LogP) is 0.527. The van der Waals surface area contributed by atoms with Crippen molar-refractivity contribution in [2.24, 2.45) is 12.0 Å². The quantitative estimate of drug-likeness (QED) is 0.480. The summed E-state index contributed by atoms with van der Waals surface area (Å²) in [5.41, 5.74) is 3.50. The Kier molecular flexibility index (Phi) is 8.47. The molecule has 1 saturated heterocycles. The first kappa shape index (κ1) is 23.6. The van der Waals surface area contributed by atoms with Crippen molar-refractivity contribution in [1.29, 1.82) is 0 Å². The minimum atomic E-state index is -3.28. The number of aryl methyl sites for hydroxylation is 2. The second-order valence-electron chi connectivity index (χ2n) is 7.62. The molecule has 10 heteroatoms. The average molecular weight is 429 g/mol. The number of aromatic nitrogens is 2. The molecule has 29 heavy (non-hydrogen) atoms. The van der Waals surface area contributed by atoms with Crippen LogP contribution in [-0.4, -0.2) is 91.6 Å². The average Bonchev–Trinajstić information content (AvgIpc) is 2.90. The Balaban J connectivity index is 1.82. The Bertz CT molecular complexity index is 795. The third-order valence-electron chi connectivity index (χ3n) is 5.25. The van der Waals surface area contributed by atoms with E-state index >= 15 is 0 Å². The van der Waals surface area contributed by atoms with Gasteiger partial charge in [-0.3, -0.25) is 9.67 Å². The van der Waals surface area contributed by atoms with Crippen molar-refractivity contribution in [3.63, 3.8) is 0 Å². The molecule has 0 unspecified atom stereocenters. The number of nitrogens with one attached hydrogen (secondary N) is 1. The van der Waals surface area contributed by atoms with E-state index in [1.807, 2.05) is 32.5 Å². The summed E-state index contributed by atoms with van der Waals surface area (Å²) in [6.45, 7) is 11.1. The molecule has 0 atom stereocenters. The van der Waals surface area contributed by atoms with Crippen LogP contribution in [0.4, 0.5) is 0 Å². The second kappa shape index (κ2) is 10.4. The highest BCUT2D eigenvalue weighted by Crippen LogP contribution is 2.12. The first-order valence-corrected chi connectivity index (χ1v) is 11.8. The molecular formula is C19H36N6O3S. The van der Waals surface area contributed by atoms with Crippen LogP contribution in [0.1, 0.15) is 30.8 Å². The van der Waals surface area contributed by atoms with E-state index in [-0.39, 0.29) is 18.5 Å². The largest absolute Gasteiger partial charge is 0.378 e. The van der Waals surface area contributed by atoms with Crippen molar-refractivity contribution < 1.29 is 13.2 Å². The van der Waals surface area contributed by atoms with Gasteiger partial charge in [0.25, 0.3) is 0 Å². The number of rotatable bonds is 8. The van der Waals surface area contributed by atoms with Crippen molar-refractivity contribution >= 4 is 16.0 Å². The fraction of sp³-hybridized carbons (Fsp3) is 0.789.